The van der Waals surface area contributed by atoms with Crippen LogP contribution in [0, 0.1) is 0 Å². The number of sulfonamides is 1. The molecule has 0 radical (unpaired) electrons. The van der Waals surface area contributed by atoms with Crippen molar-refractivity contribution in [2.75, 3.05) is 22.4 Å². The molecule has 3 aromatic rings. The van der Waals surface area contributed by atoms with E-state index in [2.05, 4.69) is 4.72 Å². The second kappa shape index (κ2) is 8.39. The minimum atomic E-state index is -3.60. The summed E-state index contributed by atoms with van der Waals surface area (Å²) in [6.07, 6.45) is 3.01. The van der Waals surface area contributed by atoms with Crippen molar-refractivity contribution < 1.29 is 26.7 Å². The third-order valence-corrected chi connectivity index (χ3v) is 9.12. The molecule has 1 aliphatic carbocycles. The maximum atomic E-state index is 13.2. The number of benzene rings is 3. The zero-order valence-electron chi connectivity index (χ0n) is 18.9. The number of fused-ring (bicyclic) bond motifs is 1. The number of carbonyl (C=O) groups excluding carboxylic acids is 1. The predicted molar refractivity (Wildman–Crippen MR) is 134 cm³/mol. The summed E-state index contributed by atoms with van der Waals surface area (Å²) in [5.41, 5.74) is 3.66. The first-order valence-corrected chi connectivity index (χ1v) is 14.6. The molecular weight excluding hydrogens is 488 g/mol. The Hall–Kier alpha value is -3.37. The van der Waals surface area contributed by atoms with Crippen molar-refractivity contribution in [3.63, 3.8) is 0 Å². The van der Waals surface area contributed by atoms with Crippen LogP contribution in [0.4, 0.5) is 11.4 Å². The van der Waals surface area contributed by atoms with E-state index in [1.807, 2.05) is 12.1 Å². The first-order valence-electron chi connectivity index (χ1n) is 11.1. The molecule has 10 heteroatoms. The van der Waals surface area contributed by atoms with Gasteiger partial charge in [-0.05, 0) is 72.4 Å². The summed E-state index contributed by atoms with van der Waals surface area (Å²) in [6.45, 7) is 0.386. The van der Waals surface area contributed by atoms with Crippen molar-refractivity contribution in [3.05, 3.63) is 71.8 Å². The Morgan fingerprint density at radius 3 is 2.26 bits per heavy atom. The highest BCUT2D eigenvalue weighted by molar-refractivity contribution is 7.92. The SMILES string of the molecule is CS(=O)(=O)Nc1cc(N2CCc3cc(-c4ccc(S(=O)(=O)C5CC5)cc4)ccc3C2=O)ccc1O. The zero-order chi connectivity index (χ0) is 25.0. The van der Waals surface area contributed by atoms with Gasteiger partial charge in [-0.25, -0.2) is 16.8 Å². The molecule has 0 spiro atoms. The lowest BCUT2D eigenvalue weighted by Crippen LogP contribution is -2.37. The van der Waals surface area contributed by atoms with Gasteiger partial charge in [-0.1, -0.05) is 24.3 Å². The van der Waals surface area contributed by atoms with E-state index < -0.39 is 19.9 Å². The van der Waals surface area contributed by atoms with Crippen LogP contribution < -0.4 is 9.62 Å². The molecule has 0 unspecified atom stereocenters. The lowest BCUT2D eigenvalue weighted by molar-refractivity contribution is 0.0980. The van der Waals surface area contributed by atoms with Gasteiger partial charge in [0.1, 0.15) is 5.75 Å². The molecule has 35 heavy (non-hydrogen) atoms. The van der Waals surface area contributed by atoms with Crippen LogP contribution in [0.5, 0.6) is 5.75 Å². The smallest absolute Gasteiger partial charge is 0.258 e. The molecule has 0 saturated heterocycles. The van der Waals surface area contributed by atoms with Gasteiger partial charge in [0.25, 0.3) is 5.91 Å². The standard InChI is InChI=1S/C25H24N2O6S2/c1-34(30,31)26-23-15-19(5-11-24(23)28)27-13-12-18-14-17(4-10-22(18)25(27)29)16-2-6-20(7-3-16)35(32,33)21-8-9-21/h2-7,10-11,14-15,21,26,28H,8-9,12-13H2,1H3. The number of nitrogens with zero attached hydrogens (tertiary/aromatic N) is 1. The monoisotopic (exact) mass is 512 g/mol. The van der Waals surface area contributed by atoms with Gasteiger partial charge in [-0.15, -0.1) is 0 Å². The van der Waals surface area contributed by atoms with Crippen molar-refractivity contribution in [3.8, 4) is 16.9 Å². The molecule has 0 bridgehead atoms. The third kappa shape index (κ3) is 4.63. The summed E-state index contributed by atoms with van der Waals surface area (Å²) in [6, 6.07) is 16.8. The number of amides is 1. The first kappa shape index (κ1) is 23.4. The maximum absolute atomic E-state index is 13.2. The summed E-state index contributed by atoms with van der Waals surface area (Å²) in [5, 5.41) is 9.74. The topological polar surface area (TPSA) is 121 Å². The Morgan fingerprint density at radius 2 is 1.60 bits per heavy atom. The van der Waals surface area contributed by atoms with Gasteiger partial charge < -0.3 is 10.0 Å². The van der Waals surface area contributed by atoms with Crippen molar-refractivity contribution in [2.45, 2.75) is 29.4 Å². The van der Waals surface area contributed by atoms with Crippen molar-refractivity contribution in [2.24, 2.45) is 0 Å². The lowest BCUT2D eigenvalue weighted by atomic mass is 9.94. The largest absolute Gasteiger partial charge is 0.506 e. The normalized spacial score (nSPS) is 16.1. The van der Waals surface area contributed by atoms with E-state index in [0.717, 1.165) is 35.8 Å². The van der Waals surface area contributed by atoms with Crippen LogP contribution in [0.2, 0.25) is 0 Å². The van der Waals surface area contributed by atoms with E-state index in [1.54, 1.807) is 41.3 Å². The molecule has 0 aromatic heterocycles. The highest BCUT2D eigenvalue weighted by Gasteiger charge is 2.36. The van der Waals surface area contributed by atoms with E-state index in [9.17, 15) is 26.7 Å². The molecule has 1 aliphatic heterocycles. The Balaban J connectivity index is 1.40. The van der Waals surface area contributed by atoms with Gasteiger partial charge in [-0.3, -0.25) is 9.52 Å². The molecule has 3 aromatic carbocycles. The number of nitrogens with one attached hydrogen (secondary N) is 1. The molecule has 0 atom stereocenters. The van der Waals surface area contributed by atoms with Crippen LogP contribution >= 0.6 is 0 Å². The van der Waals surface area contributed by atoms with Gasteiger partial charge in [-0.2, -0.15) is 0 Å². The summed E-state index contributed by atoms with van der Waals surface area (Å²) in [7, 11) is -6.84. The highest BCUT2D eigenvalue weighted by atomic mass is 32.2. The number of phenols is 1. The van der Waals surface area contributed by atoms with Crippen LogP contribution in [-0.4, -0.2) is 45.9 Å². The quantitative estimate of drug-likeness (QED) is 0.487. The molecule has 1 heterocycles. The van der Waals surface area contributed by atoms with Crippen molar-refractivity contribution in [1.82, 2.24) is 0 Å². The molecule has 1 saturated carbocycles. The molecule has 8 nitrogen and oxygen atoms in total. The van der Waals surface area contributed by atoms with E-state index in [-0.39, 0.29) is 22.6 Å². The lowest BCUT2D eigenvalue weighted by Gasteiger charge is -2.29. The van der Waals surface area contributed by atoms with Gasteiger partial charge >= 0.3 is 0 Å². The molecule has 5 rings (SSSR count). The molecule has 182 valence electrons. The van der Waals surface area contributed by atoms with Crippen LogP contribution in [0.25, 0.3) is 11.1 Å². The number of aromatic hydroxyl groups is 1. The Morgan fingerprint density at radius 1 is 0.914 bits per heavy atom. The summed E-state index contributed by atoms with van der Waals surface area (Å²) < 4.78 is 50.3. The van der Waals surface area contributed by atoms with Crippen molar-refractivity contribution >= 4 is 37.1 Å². The number of hydrogen-bond acceptors (Lipinski definition) is 6. The predicted octanol–water partition coefficient (Wildman–Crippen LogP) is 3.57. The summed E-state index contributed by atoms with van der Waals surface area (Å²) in [4.78, 5) is 15.1. The second-order valence-electron chi connectivity index (χ2n) is 8.92. The number of carbonyl (C=O) groups is 1. The van der Waals surface area contributed by atoms with Gasteiger partial charge in [0.2, 0.25) is 10.0 Å². The average molecular weight is 513 g/mol. The Kier molecular flexibility index (Phi) is 5.60. The van der Waals surface area contributed by atoms with Crippen LogP contribution in [0.15, 0.2) is 65.6 Å². The number of anilines is 2. The minimum absolute atomic E-state index is 0.00564. The van der Waals surface area contributed by atoms with E-state index in [0.29, 0.717) is 29.1 Å². The molecule has 2 aliphatic rings. The fraction of sp³-hybridized carbons (Fsp3) is 0.240. The third-order valence-electron chi connectivity index (χ3n) is 6.25. The van der Waals surface area contributed by atoms with Crippen LogP contribution in [-0.2, 0) is 26.3 Å². The van der Waals surface area contributed by atoms with Gasteiger partial charge in [0.05, 0.1) is 22.1 Å². The van der Waals surface area contributed by atoms with E-state index in [4.69, 9.17) is 0 Å². The summed E-state index contributed by atoms with van der Waals surface area (Å²) in [5.74, 6) is -0.454. The Bertz CT molecular complexity index is 1540. The maximum Gasteiger partial charge on any atom is 0.258 e. The van der Waals surface area contributed by atoms with Crippen LogP contribution in [0.3, 0.4) is 0 Å². The van der Waals surface area contributed by atoms with Crippen molar-refractivity contribution in [1.29, 1.82) is 0 Å². The van der Waals surface area contributed by atoms with Gasteiger partial charge in [0, 0.05) is 17.8 Å². The fourth-order valence-electron chi connectivity index (χ4n) is 4.30. The molecule has 1 amide bonds. The zero-order valence-corrected chi connectivity index (χ0v) is 20.6. The van der Waals surface area contributed by atoms with Gasteiger partial charge in [0.15, 0.2) is 9.84 Å². The first-order chi connectivity index (χ1) is 16.5. The fourth-order valence-corrected chi connectivity index (χ4v) is 6.52. The molecular formula is C25H24N2O6S2. The average Bonchev–Trinajstić information content (AvgIpc) is 3.66. The molecule has 2 N–H and O–H groups in total. The van der Waals surface area contributed by atoms with E-state index in [1.165, 1.54) is 12.1 Å². The minimum Gasteiger partial charge on any atom is -0.506 e. The molecule has 1 fully saturated rings. The number of rotatable bonds is 6. The number of phenolic OH excluding ortho intramolecular Hbond substituents is 1. The van der Waals surface area contributed by atoms with Crippen LogP contribution in [0.1, 0.15) is 28.8 Å². The number of sulfone groups is 1. The summed E-state index contributed by atoms with van der Waals surface area (Å²) >= 11 is 0. The number of hydrogen-bond donors (Lipinski definition) is 2. The highest BCUT2D eigenvalue weighted by Crippen LogP contribution is 2.35. The van der Waals surface area contributed by atoms with E-state index >= 15 is 0 Å². The second-order valence-corrected chi connectivity index (χ2v) is 12.9. The Labute approximate surface area is 204 Å².